The Bertz CT molecular complexity index is 2740. The lowest BCUT2D eigenvalue weighted by Crippen LogP contribution is -2.48. The summed E-state index contributed by atoms with van der Waals surface area (Å²) >= 11 is 1.56. The molecule has 4 N–H and O–H groups in total. The summed E-state index contributed by atoms with van der Waals surface area (Å²) < 4.78 is 30.1. The molecule has 4 aromatic heterocycles. The van der Waals surface area contributed by atoms with E-state index in [2.05, 4.69) is 30.8 Å². The van der Waals surface area contributed by atoms with Crippen LogP contribution in [0.3, 0.4) is 0 Å². The molecule has 2 unspecified atom stereocenters. The Labute approximate surface area is 391 Å². The van der Waals surface area contributed by atoms with Gasteiger partial charge in [-0.05, 0) is 71.9 Å². The summed E-state index contributed by atoms with van der Waals surface area (Å²) in [5.41, 5.74) is 13.9. The second kappa shape index (κ2) is 21.0. The number of anilines is 1. The number of aliphatic hydroxyl groups excluding tert-OH is 1. The van der Waals surface area contributed by atoms with Crippen molar-refractivity contribution in [1.82, 2.24) is 40.3 Å². The van der Waals surface area contributed by atoms with Gasteiger partial charge in [0.1, 0.15) is 36.7 Å². The van der Waals surface area contributed by atoms with Gasteiger partial charge in [0.05, 0.1) is 40.5 Å². The Morgan fingerprint density at radius 2 is 1.67 bits per heavy atom. The van der Waals surface area contributed by atoms with Crippen LogP contribution in [-0.2, 0) is 14.3 Å². The SMILES string of the molecule is COCOc1ccccc1-c1cc(-c2cnn(C(C)c3ccc(OCCOc4cc(C(C(=O)N5C[C@H](O)C[C@H]5C(=O)N[C@@H](C)c5ccc(-c6cncs6)cc5)C(C)C)on4)cc3)c2)c(N)nn1. The van der Waals surface area contributed by atoms with E-state index in [1.165, 1.54) is 4.90 Å². The molecular formula is C49H53N9O8S. The van der Waals surface area contributed by atoms with Gasteiger partial charge in [-0.1, -0.05) is 62.4 Å². The molecule has 3 aromatic carbocycles. The van der Waals surface area contributed by atoms with E-state index < -0.39 is 18.1 Å². The molecule has 0 aliphatic carbocycles. The molecule has 7 aromatic rings. The molecule has 348 valence electrons. The number of thiazole rings is 1. The van der Waals surface area contributed by atoms with Gasteiger partial charge in [-0.25, -0.2) is 0 Å². The Morgan fingerprint density at radius 1 is 0.910 bits per heavy atom. The van der Waals surface area contributed by atoms with E-state index in [1.54, 1.807) is 36.2 Å². The van der Waals surface area contributed by atoms with Crippen LogP contribution in [0.2, 0.25) is 0 Å². The van der Waals surface area contributed by atoms with Crippen molar-refractivity contribution in [2.24, 2.45) is 5.92 Å². The van der Waals surface area contributed by atoms with Gasteiger partial charge in [-0.15, -0.1) is 21.5 Å². The number of hydrogen-bond donors (Lipinski definition) is 3. The smallest absolute Gasteiger partial charge is 0.254 e. The van der Waals surface area contributed by atoms with Crippen LogP contribution in [0.1, 0.15) is 69.0 Å². The van der Waals surface area contributed by atoms with Crippen molar-refractivity contribution in [3.8, 4) is 50.2 Å². The maximum absolute atomic E-state index is 14.2. The number of rotatable bonds is 19. The first-order valence-corrected chi connectivity index (χ1v) is 22.8. The first-order chi connectivity index (χ1) is 32.5. The topological polar surface area (TPSA) is 215 Å². The summed E-state index contributed by atoms with van der Waals surface area (Å²) in [5.74, 6) is 0.410. The van der Waals surface area contributed by atoms with Crippen LogP contribution in [0.25, 0.3) is 32.8 Å². The Balaban J connectivity index is 0.831. The van der Waals surface area contributed by atoms with Crippen molar-refractivity contribution in [3.63, 3.8) is 0 Å². The average Bonchev–Trinajstić information content (AvgIpc) is 4.19. The predicted molar refractivity (Wildman–Crippen MR) is 251 cm³/mol. The molecule has 0 bridgehead atoms. The molecule has 1 saturated heterocycles. The Morgan fingerprint density at radius 3 is 2.42 bits per heavy atom. The summed E-state index contributed by atoms with van der Waals surface area (Å²) in [7, 11) is 1.56. The lowest BCUT2D eigenvalue weighted by atomic mass is 9.91. The normalized spacial score (nSPS) is 16.1. The number of carbonyl (C=O) groups excluding carboxylic acids is 2. The molecule has 5 heterocycles. The number of hydrogen-bond acceptors (Lipinski definition) is 15. The van der Waals surface area contributed by atoms with Gasteiger partial charge in [0, 0.05) is 55.2 Å². The quantitative estimate of drug-likeness (QED) is 0.0535. The van der Waals surface area contributed by atoms with Gasteiger partial charge >= 0.3 is 0 Å². The van der Waals surface area contributed by atoms with E-state index in [0.717, 1.165) is 32.7 Å². The van der Waals surface area contributed by atoms with Crippen LogP contribution >= 0.6 is 11.3 Å². The molecule has 67 heavy (non-hydrogen) atoms. The van der Waals surface area contributed by atoms with E-state index >= 15 is 0 Å². The molecule has 0 spiro atoms. The fraction of sp³-hybridized carbons (Fsp3) is 0.327. The average molecular weight is 928 g/mol. The molecule has 1 fully saturated rings. The van der Waals surface area contributed by atoms with E-state index in [4.69, 9.17) is 29.2 Å². The Kier molecular flexibility index (Phi) is 14.5. The first kappa shape index (κ1) is 46.4. The van der Waals surface area contributed by atoms with Gasteiger partial charge in [-0.2, -0.15) is 5.10 Å². The summed E-state index contributed by atoms with van der Waals surface area (Å²) in [5, 5.41) is 31.0. The highest BCUT2D eigenvalue weighted by Crippen LogP contribution is 2.35. The van der Waals surface area contributed by atoms with E-state index in [1.807, 2.05) is 124 Å². The fourth-order valence-corrected chi connectivity index (χ4v) is 8.70. The van der Waals surface area contributed by atoms with Crippen LogP contribution in [-0.4, -0.2) is 97.7 Å². The summed E-state index contributed by atoms with van der Waals surface area (Å²) in [6.45, 7) is 8.23. The van der Waals surface area contributed by atoms with Gasteiger partial charge in [0.25, 0.3) is 5.88 Å². The number of amides is 2. The lowest BCUT2D eigenvalue weighted by molar-refractivity contribution is -0.141. The fourth-order valence-electron chi connectivity index (χ4n) is 8.07. The maximum atomic E-state index is 14.2. The molecular weight excluding hydrogens is 875 g/mol. The molecule has 0 saturated carbocycles. The molecule has 17 nitrogen and oxygen atoms in total. The number of carbonyl (C=O) groups is 2. The summed E-state index contributed by atoms with van der Waals surface area (Å²) in [6, 6.07) is 25.3. The molecule has 0 radical (unpaired) electrons. The van der Waals surface area contributed by atoms with Crippen molar-refractivity contribution in [1.29, 1.82) is 0 Å². The molecule has 8 rings (SSSR count). The van der Waals surface area contributed by atoms with Gasteiger partial charge in [0.15, 0.2) is 18.4 Å². The minimum atomic E-state index is -0.851. The van der Waals surface area contributed by atoms with E-state index in [9.17, 15) is 14.7 Å². The standard InChI is InChI=1S/C49H53N9O8S/c1-29(2)46(49(61)57-26-36(59)20-41(57)48(60)53-30(3)32-10-12-34(13-11-32)44-24-51-27-67-44)43-22-45(56-66-43)64-19-18-63-37-16-14-33(15-17-37)31(4)58-25-35(23-52-58)39-21-40(54-55-47(39)50)38-8-6-7-9-42(38)65-28-62-5/h6-17,21-25,27,29-31,36,41,46,59H,18-20,26,28H2,1-5H3,(H2,50,55)(H,53,60)/t30-,31?,36+,41-,46?/m0/s1. The maximum Gasteiger partial charge on any atom is 0.254 e. The number of likely N-dealkylation sites (tertiary alicyclic amines) is 1. The molecule has 1 aliphatic rings. The lowest BCUT2D eigenvalue weighted by Gasteiger charge is -2.29. The number of nitrogens with one attached hydrogen (secondary N) is 1. The van der Waals surface area contributed by atoms with Gasteiger partial charge in [0.2, 0.25) is 11.8 Å². The highest BCUT2D eigenvalue weighted by Gasteiger charge is 2.43. The van der Waals surface area contributed by atoms with E-state index in [0.29, 0.717) is 28.5 Å². The van der Waals surface area contributed by atoms with Crippen molar-refractivity contribution in [2.75, 3.05) is 39.4 Å². The van der Waals surface area contributed by atoms with Crippen molar-refractivity contribution >= 4 is 29.0 Å². The molecule has 1 aliphatic heterocycles. The zero-order chi connectivity index (χ0) is 47.0. The van der Waals surface area contributed by atoms with Gasteiger partial charge < -0.3 is 44.5 Å². The highest BCUT2D eigenvalue weighted by molar-refractivity contribution is 7.13. The van der Waals surface area contributed by atoms with Crippen molar-refractivity contribution in [3.05, 3.63) is 126 Å². The number of nitrogen functional groups attached to an aromatic ring is 1. The van der Waals surface area contributed by atoms with Crippen molar-refractivity contribution < 1.29 is 38.2 Å². The minimum absolute atomic E-state index is 0.0288. The predicted octanol–water partition coefficient (Wildman–Crippen LogP) is 7.33. The highest BCUT2D eigenvalue weighted by atomic mass is 32.1. The second-order valence-corrected chi connectivity index (χ2v) is 17.5. The summed E-state index contributed by atoms with van der Waals surface area (Å²) in [4.78, 5) is 34.5. The zero-order valence-corrected chi connectivity index (χ0v) is 38.6. The third-order valence-electron chi connectivity index (χ3n) is 11.7. The van der Waals surface area contributed by atoms with Crippen LogP contribution in [0, 0.1) is 5.92 Å². The number of nitrogens with zero attached hydrogens (tertiary/aromatic N) is 7. The number of methoxy groups -OCH3 is 1. The van der Waals surface area contributed by atoms with Crippen LogP contribution in [0.15, 0.2) is 114 Å². The molecule has 18 heteroatoms. The third-order valence-corrected chi connectivity index (χ3v) is 12.5. The monoisotopic (exact) mass is 927 g/mol. The Hall–Kier alpha value is -7.15. The van der Waals surface area contributed by atoms with Crippen molar-refractivity contribution in [2.45, 2.75) is 64.3 Å². The number of β-amino-alcohol motifs (C(OH)–C–C–N with tert-alkyl or cyclic N) is 1. The largest absolute Gasteiger partial charge is 0.490 e. The third kappa shape index (κ3) is 10.8. The zero-order valence-electron chi connectivity index (χ0n) is 37.8. The van der Waals surface area contributed by atoms with Gasteiger partial charge in [-0.3, -0.25) is 19.3 Å². The number of aromatic nitrogens is 6. The second-order valence-electron chi connectivity index (χ2n) is 16.6. The number of para-hydroxylation sites is 1. The number of aliphatic hydroxyl groups is 1. The van der Waals surface area contributed by atoms with Crippen LogP contribution in [0.4, 0.5) is 5.82 Å². The van der Waals surface area contributed by atoms with E-state index in [-0.39, 0.29) is 74.5 Å². The number of nitrogens with two attached hydrogens (primary N) is 1. The van der Waals surface area contributed by atoms with Crippen LogP contribution in [0.5, 0.6) is 17.4 Å². The first-order valence-electron chi connectivity index (χ1n) is 22.0. The summed E-state index contributed by atoms with van der Waals surface area (Å²) in [6.07, 6.45) is 4.77. The number of benzene rings is 3. The van der Waals surface area contributed by atoms with Crippen LogP contribution < -0.4 is 25.3 Å². The minimum Gasteiger partial charge on any atom is -0.490 e. The number of ether oxygens (including phenoxy) is 4. The molecule has 2 amide bonds. The molecule has 5 atom stereocenters.